The van der Waals surface area contributed by atoms with E-state index in [0.717, 1.165) is 49.1 Å². The van der Waals surface area contributed by atoms with E-state index in [1.54, 1.807) is 13.2 Å². The second-order valence-electron chi connectivity index (χ2n) is 7.75. The zero-order chi connectivity index (χ0) is 22.2. The number of piperidine rings is 1. The number of likely N-dealkylation sites (tertiary alicyclic amines) is 1. The van der Waals surface area contributed by atoms with E-state index in [1.165, 1.54) is 12.1 Å². The molecule has 0 saturated carbocycles. The summed E-state index contributed by atoms with van der Waals surface area (Å²) < 4.78 is 33.6. The van der Waals surface area contributed by atoms with Gasteiger partial charge in [-0.05, 0) is 37.5 Å². The molecule has 0 spiro atoms. The van der Waals surface area contributed by atoms with Gasteiger partial charge in [-0.15, -0.1) is 34.2 Å². The minimum atomic E-state index is -0.809. The number of benzene rings is 1. The van der Waals surface area contributed by atoms with Gasteiger partial charge in [-0.1, -0.05) is 6.07 Å². The average Bonchev–Trinajstić information content (AvgIpc) is 3.08. The molecule has 0 aliphatic carbocycles. The number of ether oxygens (including phenoxy) is 1. The molecule has 2 N–H and O–H groups in total. The molecule has 1 saturated heterocycles. The average molecular weight is 563 g/mol. The summed E-state index contributed by atoms with van der Waals surface area (Å²) in [4.78, 5) is 6.92. The van der Waals surface area contributed by atoms with E-state index >= 15 is 0 Å². The summed E-state index contributed by atoms with van der Waals surface area (Å²) in [5.41, 5.74) is 0.785. The van der Waals surface area contributed by atoms with E-state index < -0.39 is 11.6 Å². The highest BCUT2D eigenvalue weighted by molar-refractivity contribution is 14.0. The topological polar surface area (TPSA) is 79.6 Å². The second kappa shape index (κ2) is 13.0. The fourth-order valence-corrected chi connectivity index (χ4v) is 3.49. The van der Waals surface area contributed by atoms with Gasteiger partial charge in [-0.3, -0.25) is 4.90 Å². The lowest BCUT2D eigenvalue weighted by Crippen LogP contribution is -2.49. The number of guanidine groups is 1. The SMILES string of the molecule is COCCNC(=NCc1nnc(C)n1C)NC1CCN(Cc2ccc(F)c(F)c2)CC1.I. The Labute approximate surface area is 204 Å². The number of halogens is 3. The first-order valence-electron chi connectivity index (χ1n) is 10.5. The standard InChI is InChI=1S/C21H31F2N7O.HI/c1-15-27-28-20(29(15)2)13-25-21(24-8-11-31-3)26-17-6-9-30(10-7-17)14-16-4-5-18(22)19(23)12-16;/h4-5,12,17H,6-11,13-14H2,1-3H3,(H2,24,25,26);1H. The summed E-state index contributed by atoms with van der Waals surface area (Å²) in [5, 5.41) is 15.0. The quantitative estimate of drug-likeness (QED) is 0.222. The van der Waals surface area contributed by atoms with Crippen LogP contribution in [0.3, 0.4) is 0 Å². The number of methoxy groups -OCH3 is 1. The molecule has 0 bridgehead atoms. The van der Waals surface area contributed by atoms with Crippen LogP contribution in [0, 0.1) is 18.6 Å². The largest absolute Gasteiger partial charge is 0.383 e. The monoisotopic (exact) mass is 563 g/mol. The van der Waals surface area contributed by atoms with Crippen molar-refractivity contribution in [2.45, 2.75) is 38.9 Å². The minimum absolute atomic E-state index is 0. The van der Waals surface area contributed by atoms with Gasteiger partial charge in [0.05, 0.1) is 6.61 Å². The molecule has 1 aromatic heterocycles. The number of aromatic nitrogens is 3. The van der Waals surface area contributed by atoms with Crippen molar-refractivity contribution in [2.75, 3.05) is 33.4 Å². The summed E-state index contributed by atoms with van der Waals surface area (Å²) in [5.74, 6) is 0.759. The van der Waals surface area contributed by atoms with Crippen LogP contribution in [-0.2, 0) is 24.9 Å². The molecule has 3 rings (SSSR count). The van der Waals surface area contributed by atoms with Crippen molar-refractivity contribution in [1.29, 1.82) is 0 Å². The maximum atomic E-state index is 13.4. The Kier molecular flexibility index (Phi) is 10.7. The Hall–Kier alpha value is -1.86. The molecule has 1 fully saturated rings. The van der Waals surface area contributed by atoms with Crippen molar-refractivity contribution < 1.29 is 13.5 Å². The summed E-state index contributed by atoms with van der Waals surface area (Å²) >= 11 is 0. The maximum Gasteiger partial charge on any atom is 0.192 e. The molecule has 1 aliphatic rings. The minimum Gasteiger partial charge on any atom is -0.383 e. The Morgan fingerprint density at radius 2 is 1.97 bits per heavy atom. The molecular weight excluding hydrogens is 531 g/mol. The highest BCUT2D eigenvalue weighted by Crippen LogP contribution is 2.16. The van der Waals surface area contributed by atoms with E-state index in [1.807, 2.05) is 18.5 Å². The molecule has 178 valence electrons. The van der Waals surface area contributed by atoms with Crippen LogP contribution in [0.25, 0.3) is 0 Å². The Bertz CT molecular complexity index is 885. The predicted octanol–water partition coefficient (Wildman–Crippen LogP) is 2.37. The number of nitrogens with one attached hydrogen (secondary N) is 2. The van der Waals surface area contributed by atoms with E-state index in [-0.39, 0.29) is 30.0 Å². The third-order valence-electron chi connectivity index (χ3n) is 5.48. The van der Waals surface area contributed by atoms with Crippen LogP contribution in [0.4, 0.5) is 8.78 Å². The van der Waals surface area contributed by atoms with E-state index in [0.29, 0.717) is 26.2 Å². The molecule has 11 heteroatoms. The Morgan fingerprint density at radius 3 is 2.59 bits per heavy atom. The van der Waals surface area contributed by atoms with E-state index in [2.05, 4.69) is 30.7 Å². The van der Waals surface area contributed by atoms with Gasteiger partial charge in [0, 0.05) is 46.4 Å². The fraction of sp³-hybridized carbons (Fsp3) is 0.571. The lowest BCUT2D eigenvalue weighted by atomic mass is 10.0. The molecule has 1 aliphatic heterocycles. The molecule has 8 nitrogen and oxygen atoms in total. The smallest absolute Gasteiger partial charge is 0.192 e. The van der Waals surface area contributed by atoms with Crippen LogP contribution in [0.2, 0.25) is 0 Å². The normalized spacial score (nSPS) is 15.5. The van der Waals surface area contributed by atoms with Crippen LogP contribution >= 0.6 is 24.0 Å². The second-order valence-corrected chi connectivity index (χ2v) is 7.75. The van der Waals surface area contributed by atoms with Crippen molar-refractivity contribution >= 4 is 29.9 Å². The van der Waals surface area contributed by atoms with Gasteiger partial charge in [0.25, 0.3) is 0 Å². The molecule has 0 amide bonds. The third kappa shape index (κ3) is 7.62. The van der Waals surface area contributed by atoms with Crippen molar-refractivity contribution in [3.05, 3.63) is 47.0 Å². The highest BCUT2D eigenvalue weighted by Gasteiger charge is 2.20. The molecule has 1 aromatic carbocycles. The first kappa shape index (κ1) is 26.4. The van der Waals surface area contributed by atoms with Gasteiger partial charge in [0.2, 0.25) is 0 Å². The number of nitrogens with zero attached hydrogens (tertiary/aromatic N) is 5. The molecule has 0 radical (unpaired) electrons. The van der Waals surface area contributed by atoms with Crippen LogP contribution in [0.1, 0.15) is 30.1 Å². The molecule has 2 heterocycles. The molecule has 0 unspecified atom stereocenters. The van der Waals surface area contributed by atoms with Gasteiger partial charge in [0.1, 0.15) is 12.4 Å². The van der Waals surface area contributed by atoms with E-state index in [4.69, 9.17) is 4.74 Å². The first-order valence-corrected chi connectivity index (χ1v) is 10.5. The Balaban J connectivity index is 0.00000363. The fourth-order valence-electron chi connectivity index (χ4n) is 3.49. The van der Waals surface area contributed by atoms with Crippen LogP contribution in [0.5, 0.6) is 0 Å². The van der Waals surface area contributed by atoms with Crippen molar-refractivity contribution in [1.82, 2.24) is 30.3 Å². The zero-order valence-corrected chi connectivity index (χ0v) is 21.1. The van der Waals surface area contributed by atoms with Crippen LogP contribution in [0.15, 0.2) is 23.2 Å². The summed E-state index contributed by atoms with van der Waals surface area (Å²) in [6.07, 6.45) is 1.86. The van der Waals surface area contributed by atoms with Gasteiger partial charge in [-0.25, -0.2) is 13.8 Å². The van der Waals surface area contributed by atoms with Gasteiger partial charge < -0.3 is 19.9 Å². The van der Waals surface area contributed by atoms with E-state index in [9.17, 15) is 8.78 Å². The lowest BCUT2D eigenvalue weighted by Gasteiger charge is -2.33. The first-order chi connectivity index (χ1) is 15.0. The summed E-state index contributed by atoms with van der Waals surface area (Å²) in [6.45, 7) is 5.90. The predicted molar refractivity (Wildman–Crippen MR) is 130 cm³/mol. The van der Waals surface area contributed by atoms with Gasteiger partial charge in [-0.2, -0.15) is 0 Å². The lowest BCUT2D eigenvalue weighted by molar-refractivity contribution is 0.196. The van der Waals surface area contributed by atoms with Gasteiger partial charge in [0.15, 0.2) is 23.4 Å². The van der Waals surface area contributed by atoms with Crippen LogP contribution in [-0.4, -0.2) is 65.0 Å². The number of rotatable bonds is 8. The molecule has 0 atom stereocenters. The van der Waals surface area contributed by atoms with Crippen molar-refractivity contribution in [3.8, 4) is 0 Å². The van der Waals surface area contributed by atoms with Crippen molar-refractivity contribution in [3.63, 3.8) is 0 Å². The number of aliphatic imine (C=N–C) groups is 1. The molecular formula is C21H32F2IN7O. The summed E-state index contributed by atoms with van der Waals surface area (Å²) in [7, 11) is 3.59. The molecule has 2 aromatic rings. The maximum absolute atomic E-state index is 13.4. The summed E-state index contributed by atoms with van der Waals surface area (Å²) in [6, 6.07) is 4.38. The number of aryl methyl sites for hydroxylation is 1. The number of hydrogen-bond donors (Lipinski definition) is 2. The third-order valence-corrected chi connectivity index (χ3v) is 5.48. The van der Waals surface area contributed by atoms with Gasteiger partial charge >= 0.3 is 0 Å². The Morgan fingerprint density at radius 1 is 1.22 bits per heavy atom. The van der Waals surface area contributed by atoms with Crippen LogP contribution < -0.4 is 10.6 Å². The zero-order valence-electron chi connectivity index (χ0n) is 18.8. The molecule has 32 heavy (non-hydrogen) atoms. The van der Waals surface area contributed by atoms with Crippen molar-refractivity contribution in [2.24, 2.45) is 12.0 Å². The number of hydrogen-bond acceptors (Lipinski definition) is 5. The highest BCUT2D eigenvalue weighted by atomic mass is 127.